The van der Waals surface area contributed by atoms with Gasteiger partial charge in [-0.15, -0.1) is 11.3 Å². The number of benzene rings is 1. The molecule has 3 rings (SSSR count). The molecule has 0 aliphatic carbocycles. The van der Waals surface area contributed by atoms with E-state index in [1.54, 1.807) is 19.2 Å². The minimum Gasteiger partial charge on any atom is -0.480 e. The van der Waals surface area contributed by atoms with Gasteiger partial charge >= 0.3 is 0 Å². The zero-order chi connectivity index (χ0) is 18.7. The lowest BCUT2D eigenvalue weighted by Crippen LogP contribution is -2.22. The molecule has 2 aromatic heterocycles. The number of carbonyl (C=O) groups is 1. The third kappa shape index (κ3) is 3.66. The minimum absolute atomic E-state index is 0.217. The van der Waals surface area contributed by atoms with Gasteiger partial charge in [0.2, 0.25) is 5.88 Å². The summed E-state index contributed by atoms with van der Waals surface area (Å²) >= 11 is 1.28. The number of hydrogen-bond acceptors (Lipinski definition) is 6. The summed E-state index contributed by atoms with van der Waals surface area (Å²) < 4.78 is 23.4. The molecule has 0 aliphatic heterocycles. The van der Waals surface area contributed by atoms with Crippen LogP contribution in [0.1, 0.15) is 26.6 Å². The number of thiophene rings is 1. The Balaban J connectivity index is 1.88. The molecule has 8 heteroatoms. The van der Waals surface area contributed by atoms with E-state index in [4.69, 9.17) is 9.47 Å². The van der Waals surface area contributed by atoms with Crippen molar-refractivity contribution in [3.05, 3.63) is 51.9 Å². The first-order valence-electron chi connectivity index (χ1n) is 7.89. The lowest BCUT2D eigenvalue weighted by molar-refractivity contribution is 0.0954. The Morgan fingerprint density at radius 3 is 2.62 bits per heavy atom. The topological polar surface area (TPSA) is 73.3 Å². The molecule has 3 aromatic rings. The number of nitrogens with one attached hydrogen (secondary N) is 1. The average molecular weight is 375 g/mol. The molecule has 0 spiro atoms. The Hall–Kier alpha value is -2.58. The summed E-state index contributed by atoms with van der Waals surface area (Å²) in [6.07, 6.45) is 0. The third-order valence-corrected chi connectivity index (χ3v) is 5.03. The predicted molar refractivity (Wildman–Crippen MR) is 97.0 cm³/mol. The van der Waals surface area contributed by atoms with Gasteiger partial charge < -0.3 is 14.8 Å². The van der Waals surface area contributed by atoms with E-state index in [0.717, 1.165) is 16.5 Å². The SMILES string of the molecule is COCc1nc(OC)c2c(C)c(C(=O)NCc3ccc(F)cc3)sc2n1. The molecule has 1 amide bonds. The fraction of sp³-hybridized carbons (Fsp3) is 0.278. The zero-order valence-electron chi connectivity index (χ0n) is 14.6. The first kappa shape index (κ1) is 18.2. The van der Waals surface area contributed by atoms with E-state index in [1.165, 1.54) is 30.6 Å². The fourth-order valence-corrected chi connectivity index (χ4v) is 3.67. The fourth-order valence-electron chi connectivity index (χ4n) is 2.57. The molecule has 0 unspecified atom stereocenters. The first-order chi connectivity index (χ1) is 12.5. The van der Waals surface area contributed by atoms with Crippen LogP contribution in [-0.2, 0) is 17.9 Å². The van der Waals surface area contributed by atoms with Crippen molar-refractivity contribution in [1.82, 2.24) is 15.3 Å². The molecule has 0 atom stereocenters. The normalized spacial score (nSPS) is 10.9. The van der Waals surface area contributed by atoms with Crippen LogP contribution in [0.5, 0.6) is 5.88 Å². The van der Waals surface area contributed by atoms with Crippen molar-refractivity contribution in [2.75, 3.05) is 14.2 Å². The van der Waals surface area contributed by atoms with Crippen LogP contribution in [-0.4, -0.2) is 30.1 Å². The van der Waals surface area contributed by atoms with Gasteiger partial charge in [0, 0.05) is 13.7 Å². The van der Waals surface area contributed by atoms with Crippen LogP contribution in [0.3, 0.4) is 0 Å². The Bertz CT molecular complexity index is 941. The van der Waals surface area contributed by atoms with Crippen LogP contribution in [0.15, 0.2) is 24.3 Å². The van der Waals surface area contributed by atoms with E-state index < -0.39 is 0 Å². The molecule has 0 aliphatic rings. The lowest BCUT2D eigenvalue weighted by atomic mass is 10.2. The van der Waals surface area contributed by atoms with Crippen molar-refractivity contribution in [2.45, 2.75) is 20.1 Å². The van der Waals surface area contributed by atoms with Gasteiger partial charge in [-0.05, 0) is 30.2 Å². The van der Waals surface area contributed by atoms with E-state index in [2.05, 4.69) is 15.3 Å². The highest BCUT2D eigenvalue weighted by atomic mass is 32.1. The molecule has 1 N–H and O–H groups in total. The Morgan fingerprint density at radius 2 is 1.96 bits per heavy atom. The largest absolute Gasteiger partial charge is 0.480 e. The molecule has 1 aromatic carbocycles. The molecule has 0 saturated carbocycles. The lowest BCUT2D eigenvalue weighted by Gasteiger charge is -2.06. The Kier molecular flexibility index (Phi) is 5.43. The van der Waals surface area contributed by atoms with Crippen LogP contribution in [0.25, 0.3) is 10.2 Å². The second kappa shape index (κ2) is 7.76. The number of methoxy groups -OCH3 is 2. The molecule has 6 nitrogen and oxygen atoms in total. The van der Waals surface area contributed by atoms with E-state index >= 15 is 0 Å². The highest BCUT2D eigenvalue weighted by Crippen LogP contribution is 2.35. The van der Waals surface area contributed by atoms with Gasteiger partial charge in [0.1, 0.15) is 17.3 Å². The average Bonchev–Trinajstić information content (AvgIpc) is 2.97. The molecule has 0 saturated heterocycles. The third-order valence-electron chi connectivity index (χ3n) is 3.84. The molecule has 2 heterocycles. The molecular weight excluding hydrogens is 357 g/mol. The molecule has 0 bridgehead atoms. The standard InChI is InChI=1S/C18H18FN3O3S/c1-10-14-17(25-3)21-13(9-24-2)22-18(14)26-15(10)16(23)20-8-11-4-6-12(19)7-5-11/h4-7H,8-9H2,1-3H3,(H,20,23). The van der Waals surface area contributed by atoms with Crippen LogP contribution >= 0.6 is 11.3 Å². The molecule has 136 valence electrons. The number of fused-ring (bicyclic) bond motifs is 1. The van der Waals surface area contributed by atoms with E-state index in [-0.39, 0.29) is 18.3 Å². The van der Waals surface area contributed by atoms with Gasteiger partial charge in [0.05, 0.1) is 17.4 Å². The summed E-state index contributed by atoms with van der Waals surface area (Å²) in [6.45, 7) is 2.41. The number of amides is 1. The molecule has 0 fully saturated rings. The maximum absolute atomic E-state index is 13.0. The van der Waals surface area contributed by atoms with Crippen molar-refractivity contribution >= 4 is 27.5 Å². The van der Waals surface area contributed by atoms with Crippen molar-refractivity contribution in [1.29, 1.82) is 0 Å². The van der Waals surface area contributed by atoms with E-state index in [1.807, 2.05) is 6.92 Å². The number of halogens is 1. The molecule has 0 radical (unpaired) electrons. The summed E-state index contributed by atoms with van der Waals surface area (Å²) in [7, 11) is 3.10. The zero-order valence-corrected chi connectivity index (χ0v) is 15.4. The first-order valence-corrected chi connectivity index (χ1v) is 8.70. The maximum Gasteiger partial charge on any atom is 0.261 e. The van der Waals surface area contributed by atoms with Crippen molar-refractivity contribution < 1.29 is 18.7 Å². The predicted octanol–water partition coefficient (Wildman–Crippen LogP) is 3.22. The highest BCUT2D eigenvalue weighted by Gasteiger charge is 2.21. The number of aromatic nitrogens is 2. The summed E-state index contributed by atoms with van der Waals surface area (Å²) in [5, 5.41) is 3.58. The van der Waals surface area contributed by atoms with Gasteiger partial charge in [-0.2, -0.15) is 4.98 Å². The monoisotopic (exact) mass is 375 g/mol. The maximum atomic E-state index is 13.0. The van der Waals surface area contributed by atoms with E-state index in [9.17, 15) is 9.18 Å². The van der Waals surface area contributed by atoms with Crippen LogP contribution in [0.4, 0.5) is 4.39 Å². The number of hydrogen-bond donors (Lipinski definition) is 1. The molecular formula is C18H18FN3O3S. The van der Waals surface area contributed by atoms with Crippen LogP contribution in [0, 0.1) is 12.7 Å². The van der Waals surface area contributed by atoms with Crippen LogP contribution < -0.4 is 10.1 Å². The van der Waals surface area contributed by atoms with Crippen molar-refractivity contribution in [3.8, 4) is 5.88 Å². The number of aryl methyl sites for hydroxylation is 1. The number of nitrogens with zero attached hydrogens (tertiary/aromatic N) is 2. The van der Waals surface area contributed by atoms with E-state index in [0.29, 0.717) is 28.0 Å². The summed E-state index contributed by atoms with van der Waals surface area (Å²) in [4.78, 5) is 22.6. The Morgan fingerprint density at radius 1 is 1.23 bits per heavy atom. The highest BCUT2D eigenvalue weighted by molar-refractivity contribution is 7.20. The second-order valence-electron chi connectivity index (χ2n) is 5.63. The smallest absolute Gasteiger partial charge is 0.261 e. The van der Waals surface area contributed by atoms with Gasteiger partial charge in [-0.25, -0.2) is 9.37 Å². The van der Waals surface area contributed by atoms with Crippen LogP contribution in [0.2, 0.25) is 0 Å². The quantitative estimate of drug-likeness (QED) is 0.716. The summed E-state index contributed by atoms with van der Waals surface area (Å²) in [6, 6.07) is 6.01. The van der Waals surface area contributed by atoms with Crippen molar-refractivity contribution in [3.63, 3.8) is 0 Å². The molecule has 26 heavy (non-hydrogen) atoms. The van der Waals surface area contributed by atoms with Gasteiger partial charge in [0.15, 0.2) is 5.82 Å². The minimum atomic E-state index is -0.307. The Labute approximate surface area is 154 Å². The van der Waals surface area contributed by atoms with Crippen molar-refractivity contribution in [2.24, 2.45) is 0 Å². The summed E-state index contributed by atoms with van der Waals surface area (Å²) in [5.74, 6) is 0.396. The number of rotatable bonds is 6. The van der Waals surface area contributed by atoms with Gasteiger partial charge in [-0.1, -0.05) is 12.1 Å². The number of ether oxygens (including phenoxy) is 2. The second-order valence-corrected chi connectivity index (χ2v) is 6.63. The summed E-state index contributed by atoms with van der Waals surface area (Å²) in [5.41, 5.74) is 1.58. The van der Waals surface area contributed by atoms with Gasteiger partial charge in [0.25, 0.3) is 5.91 Å². The number of carbonyl (C=O) groups excluding carboxylic acids is 1. The van der Waals surface area contributed by atoms with Gasteiger partial charge in [-0.3, -0.25) is 4.79 Å².